The molecule has 1 rings (SSSR count). The minimum absolute atomic E-state index is 0.0931. The van der Waals surface area contributed by atoms with Gasteiger partial charge in [-0.3, -0.25) is 9.59 Å². The lowest BCUT2D eigenvalue weighted by Gasteiger charge is -2.16. The molecule has 116 valence electrons. The van der Waals surface area contributed by atoms with Crippen LogP contribution in [0, 0.1) is 0 Å². The van der Waals surface area contributed by atoms with Gasteiger partial charge >= 0.3 is 5.97 Å². The first-order chi connectivity index (χ1) is 10.1. The quantitative estimate of drug-likeness (QED) is 0.736. The van der Waals surface area contributed by atoms with Gasteiger partial charge in [0.1, 0.15) is 5.75 Å². The van der Waals surface area contributed by atoms with Crippen molar-refractivity contribution in [3.8, 4) is 5.75 Å². The summed E-state index contributed by atoms with van der Waals surface area (Å²) in [4.78, 5) is 24.8. The maximum Gasteiger partial charge on any atom is 0.306 e. The number of carbonyl (C=O) groups is 2. The summed E-state index contributed by atoms with van der Waals surface area (Å²) >= 11 is 0. The van der Waals surface area contributed by atoms with Crippen LogP contribution in [0.2, 0.25) is 0 Å². The number of hydrogen-bond acceptors (Lipinski definition) is 5. The lowest BCUT2D eigenvalue weighted by Crippen LogP contribution is -2.26. The fraction of sp³-hybridized carbons (Fsp3) is 0.467. The number of amides is 1. The van der Waals surface area contributed by atoms with Crippen LogP contribution in [0.5, 0.6) is 5.75 Å². The highest BCUT2D eigenvalue weighted by Gasteiger charge is 2.09. The Labute approximate surface area is 125 Å². The second kappa shape index (κ2) is 8.97. The lowest BCUT2D eigenvalue weighted by atomic mass is 10.2. The molecule has 0 spiro atoms. The summed E-state index contributed by atoms with van der Waals surface area (Å²) in [6.07, 6.45) is 0.664. The number of anilines is 1. The monoisotopic (exact) mass is 294 g/mol. The summed E-state index contributed by atoms with van der Waals surface area (Å²) in [5.74, 6) is 0.287. The number of ether oxygens (including phenoxy) is 2. The van der Waals surface area contributed by atoms with Gasteiger partial charge in [0.05, 0.1) is 26.3 Å². The second-order valence-corrected chi connectivity index (χ2v) is 4.63. The van der Waals surface area contributed by atoms with Crippen LogP contribution < -0.4 is 10.1 Å². The molecular formula is C15H22N2O4. The molecule has 21 heavy (non-hydrogen) atoms. The third kappa shape index (κ3) is 6.27. The molecular weight excluding hydrogens is 272 g/mol. The smallest absolute Gasteiger partial charge is 0.306 e. The Morgan fingerprint density at radius 3 is 2.48 bits per heavy atom. The highest BCUT2D eigenvalue weighted by atomic mass is 16.5. The van der Waals surface area contributed by atoms with E-state index in [0.29, 0.717) is 37.4 Å². The van der Waals surface area contributed by atoms with Gasteiger partial charge in [-0.2, -0.15) is 0 Å². The van der Waals surface area contributed by atoms with E-state index in [1.807, 2.05) is 24.1 Å². The molecule has 0 aliphatic rings. The number of methoxy groups -OCH3 is 2. The Morgan fingerprint density at radius 1 is 1.14 bits per heavy atom. The average Bonchev–Trinajstić information content (AvgIpc) is 2.51. The minimum atomic E-state index is -0.250. The maximum atomic E-state index is 11.9. The Kier molecular flexibility index (Phi) is 7.25. The zero-order valence-electron chi connectivity index (χ0n) is 12.7. The van der Waals surface area contributed by atoms with Crippen LogP contribution in [-0.4, -0.2) is 51.1 Å². The number of carbonyl (C=O) groups excluding carboxylic acids is 2. The predicted molar refractivity (Wildman–Crippen MR) is 80.4 cm³/mol. The highest BCUT2D eigenvalue weighted by Crippen LogP contribution is 2.22. The topological polar surface area (TPSA) is 67.9 Å². The van der Waals surface area contributed by atoms with Crippen LogP contribution in [0.1, 0.15) is 12.8 Å². The van der Waals surface area contributed by atoms with Gasteiger partial charge in [0, 0.05) is 19.5 Å². The van der Waals surface area contributed by atoms with E-state index in [9.17, 15) is 9.59 Å². The molecule has 0 saturated heterocycles. The fourth-order valence-corrected chi connectivity index (χ4v) is 1.75. The molecule has 1 aromatic rings. The molecule has 0 saturated carbocycles. The molecule has 0 heterocycles. The van der Waals surface area contributed by atoms with Gasteiger partial charge in [-0.25, -0.2) is 0 Å². The molecule has 0 aliphatic carbocycles. The van der Waals surface area contributed by atoms with Gasteiger partial charge in [0.15, 0.2) is 0 Å². The summed E-state index contributed by atoms with van der Waals surface area (Å²) in [6.45, 7) is 1.13. The van der Waals surface area contributed by atoms with Crippen molar-refractivity contribution >= 4 is 17.6 Å². The highest BCUT2D eigenvalue weighted by molar-refractivity contribution is 5.92. The van der Waals surface area contributed by atoms with Crippen LogP contribution >= 0.6 is 0 Å². The largest absolute Gasteiger partial charge is 0.495 e. The van der Waals surface area contributed by atoms with Crippen molar-refractivity contribution < 1.29 is 19.1 Å². The second-order valence-electron chi connectivity index (χ2n) is 4.63. The molecule has 0 atom stereocenters. The zero-order chi connectivity index (χ0) is 15.7. The van der Waals surface area contributed by atoms with Crippen molar-refractivity contribution in [1.29, 1.82) is 0 Å². The summed E-state index contributed by atoms with van der Waals surface area (Å²) in [5, 5.41) is 2.81. The lowest BCUT2D eigenvalue weighted by molar-refractivity contribution is -0.140. The normalized spacial score (nSPS) is 10.3. The Hall–Kier alpha value is -2.08. The Balaban J connectivity index is 2.35. The number of esters is 1. The summed E-state index contributed by atoms with van der Waals surface area (Å²) in [7, 11) is 4.79. The molecule has 0 unspecified atom stereocenters. The van der Waals surface area contributed by atoms with Gasteiger partial charge in [-0.05, 0) is 19.2 Å². The van der Waals surface area contributed by atoms with Crippen molar-refractivity contribution in [1.82, 2.24) is 4.90 Å². The van der Waals surface area contributed by atoms with Crippen LogP contribution in [-0.2, 0) is 14.3 Å². The molecule has 0 bridgehead atoms. The molecule has 1 amide bonds. The first-order valence-corrected chi connectivity index (χ1v) is 6.75. The summed E-state index contributed by atoms with van der Waals surface area (Å²) < 4.78 is 9.74. The molecule has 0 radical (unpaired) electrons. The molecule has 0 aromatic heterocycles. The molecule has 6 nitrogen and oxygen atoms in total. The first kappa shape index (κ1) is 17.0. The molecule has 1 N–H and O–H groups in total. The number of nitrogens with one attached hydrogen (secondary N) is 1. The van der Waals surface area contributed by atoms with Gasteiger partial charge < -0.3 is 19.7 Å². The fourth-order valence-electron chi connectivity index (χ4n) is 1.75. The summed E-state index contributed by atoms with van der Waals surface area (Å²) in [6, 6.07) is 7.26. The van der Waals surface area contributed by atoms with E-state index in [1.54, 1.807) is 19.2 Å². The number of rotatable bonds is 8. The van der Waals surface area contributed by atoms with E-state index in [0.717, 1.165) is 0 Å². The number of para-hydroxylation sites is 2. The SMILES string of the molecule is COC(=O)CCN(C)CCC(=O)Nc1ccccc1OC. The van der Waals surface area contributed by atoms with E-state index in [2.05, 4.69) is 10.1 Å². The van der Waals surface area contributed by atoms with Crippen molar-refractivity contribution in [2.75, 3.05) is 39.7 Å². The Bertz CT molecular complexity index is 476. The van der Waals surface area contributed by atoms with Crippen LogP contribution in [0.25, 0.3) is 0 Å². The molecule has 0 aliphatic heterocycles. The van der Waals surface area contributed by atoms with E-state index in [-0.39, 0.29) is 11.9 Å². The predicted octanol–water partition coefficient (Wildman–Crippen LogP) is 1.52. The zero-order valence-corrected chi connectivity index (χ0v) is 12.7. The third-order valence-electron chi connectivity index (χ3n) is 3.03. The maximum absolute atomic E-state index is 11.9. The molecule has 1 aromatic carbocycles. The summed E-state index contributed by atoms with van der Waals surface area (Å²) in [5.41, 5.74) is 0.655. The number of nitrogens with zero attached hydrogens (tertiary/aromatic N) is 1. The minimum Gasteiger partial charge on any atom is -0.495 e. The standard InChI is InChI=1S/C15H22N2O4/c1-17(11-9-15(19)21-3)10-8-14(18)16-12-6-4-5-7-13(12)20-2/h4-7H,8-11H2,1-3H3,(H,16,18). The first-order valence-electron chi connectivity index (χ1n) is 6.75. The number of benzene rings is 1. The van der Waals surface area contributed by atoms with Crippen LogP contribution in [0.3, 0.4) is 0 Å². The Morgan fingerprint density at radius 2 is 1.81 bits per heavy atom. The van der Waals surface area contributed by atoms with Crippen molar-refractivity contribution in [3.63, 3.8) is 0 Å². The van der Waals surface area contributed by atoms with Crippen molar-refractivity contribution in [2.24, 2.45) is 0 Å². The van der Waals surface area contributed by atoms with E-state index in [4.69, 9.17) is 4.74 Å². The van der Waals surface area contributed by atoms with E-state index < -0.39 is 0 Å². The van der Waals surface area contributed by atoms with Gasteiger partial charge in [0.25, 0.3) is 0 Å². The molecule has 0 fully saturated rings. The number of hydrogen-bond donors (Lipinski definition) is 1. The van der Waals surface area contributed by atoms with Crippen molar-refractivity contribution in [3.05, 3.63) is 24.3 Å². The third-order valence-corrected chi connectivity index (χ3v) is 3.03. The molecule has 6 heteroatoms. The van der Waals surface area contributed by atoms with E-state index in [1.165, 1.54) is 7.11 Å². The van der Waals surface area contributed by atoms with E-state index >= 15 is 0 Å². The van der Waals surface area contributed by atoms with Gasteiger partial charge in [-0.15, -0.1) is 0 Å². The average molecular weight is 294 g/mol. The van der Waals surface area contributed by atoms with Gasteiger partial charge in [0.2, 0.25) is 5.91 Å². The van der Waals surface area contributed by atoms with Gasteiger partial charge in [-0.1, -0.05) is 12.1 Å². The van der Waals surface area contributed by atoms with Crippen LogP contribution in [0.15, 0.2) is 24.3 Å². The van der Waals surface area contributed by atoms with Crippen LogP contribution in [0.4, 0.5) is 5.69 Å². The van der Waals surface area contributed by atoms with Crippen molar-refractivity contribution in [2.45, 2.75) is 12.8 Å².